The van der Waals surface area contributed by atoms with Crippen molar-refractivity contribution in [1.29, 1.82) is 0 Å². The Bertz CT molecular complexity index is 334. The molecule has 14 heavy (non-hydrogen) atoms. The zero-order valence-corrected chi connectivity index (χ0v) is 7.73. The average molecular weight is 192 g/mol. The Morgan fingerprint density at radius 3 is 2.64 bits per heavy atom. The molecule has 0 aromatic heterocycles. The van der Waals surface area contributed by atoms with E-state index in [0.717, 1.165) is 18.7 Å². The quantitative estimate of drug-likeness (QED) is 0.732. The summed E-state index contributed by atoms with van der Waals surface area (Å²) in [5.74, 6) is 0.250. The van der Waals surface area contributed by atoms with Crippen LogP contribution in [-0.2, 0) is 6.54 Å². The largest absolute Gasteiger partial charge is 0.508 e. The van der Waals surface area contributed by atoms with Crippen LogP contribution in [0, 0.1) is 0 Å². The molecule has 0 saturated carbocycles. The van der Waals surface area contributed by atoms with E-state index in [4.69, 9.17) is 5.11 Å². The van der Waals surface area contributed by atoms with E-state index in [1.165, 1.54) is 0 Å². The zero-order chi connectivity index (χ0) is 9.97. The van der Waals surface area contributed by atoms with Crippen LogP contribution in [0.15, 0.2) is 24.3 Å². The van der Waals surface area contributed by atoms with Gasteiger partial charge in [0.2, 0.25) is 0 Å². The molecule has 2 amide bonds. The van der Waals surface area contributed by atoms with Crippen LogP contribution in [0.5, 0.6) is 5.75 Å². The second-order valence-electron chi connectivity index (χ2n) is 3.32. The Morgan fingerprint density at radius 1 is 1.36 bits per heavy atom. The summed E-state index contributed by atoms with van der Waals surface area (Å²) in [6.07, 6.45) is 0. The minimum Gasteiger partial charge on any atom is -0.508 e. The molecule has 1 aliphatic heterocycles. The van der Waals surface area contributed by atoms with Gasteiger partial charge in [-0.1, -0.05) is 12.1 Å². The van der Waals surface area contributed by atoms with Crippen molar-refractivity contribution in [2.75, 3.05) is 13.1 Å². The molecular formula is C10H12N2O2. The summed E-state index contributed by atoms with van der Waals surface area (Å²) in [5.41, 5.74) is 1.03. The fraction of sp³-hybridized carbons (Fsp3) is 0.300. The zero-order valence-electron chi connectivity index (χ0n) is 7.73. The number of nitrogens with zero attached hydrogens (tertiary/aromatic N) is 1. The van der Waals surface area contributed by atoms with Crippen molar-refractivity contribution in [3.63, 3.8) is 0 Å². The molecule has 0 radical (unpaired) electrons. The fourth-order valence-corrected chi connectivity index (χ4v) is 1.48. The summed E-state index contributed by atoms with van der Waals surface area (Å²) in [6.45, 7) is 2.07. The number of rotatable bonds is 2. The molecule has 2 rings (SSSR count). The van der Waals surface area contributed by atoms with Crippen LogP contribution in [0.2, 0.25) is 0 Å². The molecule has 0 spiro atoms. The number of hydrogen-bond acceptors (Lipinski definition) is 2. The number of urea groups is 1. The predicted octanol–water partition coefficient (Wildman–Crippen LogP) is 0.917. The van der Waals surface area contributed by atoms with E-state index >= 15 is 0 Å². The second kappa shape index (κ2) is 3.57. The molecular weight excluding hydrogens is 180 g/mol. The minimum atomic E-state index is -0.0157. The number of nitrogens with one attached hydrogen (secondary N) is 1. The number of phenolic OH excluding ortho intramolecular Hbond substituents is 1. The smallest absolute Gasteiger partial charge is 0.317 e. The number of phenols is 1. The molecule has 0 aliphatic carbocycles. The van der Waals surface area contributed by atoms with Crippen molar-refractivity contribution in [1.82, 2.24) is 10.2 Å². The topological polar surface area (TPSA) is 52.6 Å². The molecule has 1 aliphatic rings. The number of hydrogen-bond donors (Lipinski definition) is 2. The summed E-state index contributed by atoms with van der Waals surface area (Å²) in [5, 5.41) is 11.8. The van der Waals surface area contributed by atoms with E-state index in [-0.39, 0.29) is 11.8 Å². The molecule has 4 heteroatoms. The minimum absolute atomic E-state index is 0.0157. The summed E-state index contributed by atoms with van der Waals surface area (Å²) in [7, 11) is 0. The third-order valence-electron chi connectivity index (χ3n) is 2.25. The second-order valence-corrected chi connectivity index (χ2v) is 3.32. The van der Waals surface area contributed by atoms with Crippen LogP contribution >= 0.6 is 0 Å². The third kappa shape index (κ3) is 1.79. The Labute approximate surface area is 82.2 Å². The lowest BCUT2D eigenvalue weighted by atomic mass is 10.2. The van der Waals surface area contributed by atoms with Crippen LogP contribution in [0.4, 0.5) is 4.79 Å². The molecule has 1 aromatic rings. The van der Waals surface area contributed by atoms with E-state index in [1.54, 1.807) is 17.0 Å². The fourth-order valence-electron chi connectivity index (χ4n) is 1.48. The standard InChI is InChI=1S/C10H12N2O2/c13-9-3-1-8(2-4-9)7-12-6-5-11-10(12)14/h1-4,13H,5-7H2,(H,11,14). The van der Waals surface area contributed by atoms with E-state index in [0.29, 0.717) is 6.54 Å². The van der Waals surface area contributed by atoms with E-state index in [2.05, 4.69) is 5.32 Å². The highest BCUT2D eigenvalue weighted by atomic mass is 16.3. The lowest BCUT2D eigenvalue weighted by Crippen LogP contribution is -2.27. The van der Waals surface area contributed by atoms with Crippen LogP contribution in [0.3, 0.4) is 0 Å². The summed E-state index contributed by atoms with van der Waals surface area (Å²) >= 11 is 0. The van der Waals surface area contributed by atoms with Gasteiger partial charge in [-0.15, -0.1) is 0 Å². The molecule has 0 atom stereocenters. The maximum absolute atomic E-state index is 11.2. The van der Waals surface area contributed by atoms with Crippen molar-refractivity contribution in [3.05, 3.63) is 29.8 Å². The summed E-state index contributed by atoms with van der Waals surface area (Å²) < 4.78 is 0. The highest BCUT2D eigenvalue weighted by Crippen LogP contribution is 2.12. The molecule has 0 bridgehead atoms. The van der Waals surface area contributed by atoms with E-state index < -0.39 is 0 Å². The Balaban J connectivity index is 2.03. The van der Waals surface area contributed by atoms with Gasteiger partial charge in [0.15, 0.2) is 0 Å². The molecule has 1 aromatic carbocycles. The van der Waals surface area contributed by atoms with Gasteiger partial charge in [0.25, 0.3) is 0 Å². The number of benzene rings is 1. The number of amides is 2. The first-order valence-corrected chi connectivity index (χ1v) is 4.56. The molecule has 1 heterocycles. The highest BCUT2D eigenvalue weighted by molar-refractivity contribution is 5.76. The Morgan fingerprint density at radius 2 is 2.07 bits per heavy atom. The van der Waals surface area contributed by atoms with Crippen LogP contribution in [0.1, 0.15) is 5.56 Å². The number of carbonyl (C=O) groups excluding carboxylic acids is 1. The Kier molecular flexibility index (Phi) is 2.26. The maximum Gasteiger partial charge on any atom is 0.317 e. The van der Waals surface area contributed by atoms with E-state index in [1.807, 2.05) is 12.1 Å². The van der Waals surface area contributed by atoms with Gasteiger partial charge in [-0.3, -0.25) is 0 Å². The maximum atomic E-state index is 11.2. The van der Waals surface area contributed by atoms with Crippen LogP contribution in [0.25, 0.3) is 0 Å². The van der Waals surface area contributed by atoms with Gasteiger partial charge in [0.05, 0.1) is 0 Å². The third-order valence-corrected chi connectivity index (χ3v) is 2.25. The molecule has 2 N–H and O–H groups in total. The van der Waals surface area contributed by atoms with Gasteiger partial charge in [0.1, 0.15) is 5.75 Å². The monoisotopic (exact) mass is 192 g/mol. The van der Waals surface area contributed by atoms with Crippen molar-refractivity contribution < 1.29 is 9.90 Å². The van der Waals surface area contributed by atoms with Gasteiger partial charge in [-0.05, 0) is 17.7 Å². The Hall–Kier alpha value is -1.71. The van der Waals surface area contributed by atoms with Gasteiger partial charge in [0, 0.05) is 19.6 Å². The SMILES string of the molecule is O=C1NCCN1Cc1ccc(O)cc1. The number of carbonyl (C=O) groups is 1. The number of aromatic hydroxyl groups is 1. The van der Waals surface area contributed by atoms with Gasteiger partial charge < -0.3 is 15.3 Å². The summed E-state index contributed by atoms with van der Waals surface area (Å²) in [4.78, 5) is 13.0. The van der Waals surface area contributed by atoms with Gasteiger partial charge in [-0.25, -0.2) is 4.79 Å². The lowest BCUT2D eigenvalue weighted by Gasteiger charge is -2.13. The lowest BCUT2D eigenvalue weighted by molar-refractivity contribution is 0.215. The van der Waals surface area contributed by atoms with E-state index in [9.17, 15) is 4.79 Å². The molecule has 4 nitrogen and oxygen atoms in total. The van der Waals surface area contributed by atoms with Crippen LogP contribution in [-0.4, -0.2) is 29.1 Å². The summed E-state index contributed by atoms with van der Waals surface area (Å²) in [6, 6.07) is 6.88. The average Bonchev–Trinajstić information content (AvgIpc) is 2.56. The normalized spacial score (nSPS) is 15.7. The predicted molar refractivity (Wildman–Crippen MR) is 51.9 cm³/mol. The van der Waals surface area contributed by atoms with Gasteiger partial charge in [-0.2, -0.15) is 0 Å². The first kappa shape index (κ1) is 8.87. The first-order chi connectivity index (χ1) is 6.75. The molecule has 1 saturated heterocycles. The van der Waals surface area contributed by atoms with Crippen molar-refractivity contribution in [3.8, 4) is 5.75 Å². The molecule has 0 unspecified atom stereocenters. The molecule has 1 fully saturated rings. The van der Waals surface area contributed by atoms with Crippen molar-refractivity contribution in [2.45, 2.75) is 6.54 Å². The first-order valence-electron chi connectivity index (χ1n) is 4.56. The van der Waals surface area contributed by atoms with Gasteiger partial charge >= 0.3 is 6.03 Å². The van der Waals surface area contributed by atoms with Crippen molar-refractivity contribution in [2.24, 2.45) is 0 Å². The molecule has 74 valence electrons. The van der Waals surface area contributed by atoms with Crippen LogP contribution < -0.4 is 5.32 Å². The van der Waals surface area contributed by atoms with Crippen molar-refractivity contribution >= 4 is 6.03 Å². The highest BCUT2D eigenvalue weighted by Gasteiger charge is 2.18.